The third-order valence-electron chi connectivity index (χ3n) is 3.48. The summed E-state index contributed by atoms with van der Waals surface area (Å²) in [6.45, 7) is 6.03. The fourth-order valence-electron chi connectivity index (χ4n) is 1.84. The van der Waals surface area contributed by atoms with E-state index in [-0.39, 0.29) is 16.5 Å². The van der Waals surface area contributed by atoms with Crippen LogP contribution in [0, 0.1) is 5.92 Å². The molecule has 0 radical (unpaired) electrons. The lowest BCUT2D eigenvalue weighted by Gasteiger charge is -2.31. The van der Waals surface area contributed by atoms with E-state index in [9.17, 15) is 18.3 Å². The monoisotopic (exact) mass is 300 g/mol. The molecule has 0 saturated carbocycles. The summed E-state index contributed by atoms with van der Waals surface area (Å²) >= 11 is 0. The molecular weight excluding hydrogens is 280 g/mol. The van der Waals surface area contributed by atoms with Gasteiger partial charge in [0.15, 0.2) is 0 Å². The number of rotatable bonds is 5. The van der Waals surface area contributed by atoms with Crippen LogP contribution in [0.15, 0.2) is 23.1 Å². The minimum Gasteiger partial charge on any atom is -0.478 e. The Morgan fingerprint density at radius 1 is 1.30 bits per heavy atom. The first-order chi connectivity index (χ1) is 9.05. The number of carboxylic acids is 1. The lowest BCUT2D eigenvalue weighted by Crippen LogP contribution is -2.34. The molecule has 1 atom stereocenters. The number of hydrogen-bond donors (Lipinski definition) is 2. The number of nitrogens with zero attached hydrogens (tertiary/aromatic N) is 1. The normalized spacial score (nSPS) is 13.3. The summed E-state index contributed by atoms with van der Waals surface area (Å²) in [7, 11) is -2.14. The number of anilines is 1. The van der Waals surface area contributed by atoms with Gasteiger partial charge in [-0.1, -0.05) is 13.8 Å². The molecule has 0 amide bonds. The summed E-state index contributed by atoms with van der Waals surface area (Å²) in [4.78, 5) is 13.0. The van der Waals surface area contributed by atoms with Crippen molar-refractivity contribution in [2.24, 2.45) is 11.1 Å². The van der Waals surface area contributed by atoms with E-state index in [2.05, 4.69) is 0 Å². The fourth-order valence-corrected chi connectivity index (χ4v) is 2.38. The maximum Gasteiger partial charge on any atom is 0.337 e. The van der Waals surface area contributed by atoms with Gasteiger partial charge in [-0.05, 0) is 31.0 Å². The number of aromatic carboxylic acids is 1. The van der Waals surface area contributed by atoms with E-state index in [1.54, 1.807) is 7.05 Å². The van der Waals surface area contributed by atoms with Crippen LogP contribution in [0.5, 0.6) is 0 Å². The molecule has 0 aliphatic carbocycles. The molecule has 1 aromatic carbocycles. The van der Waals surface area contributed by atoms with Crippen LogP contribution in [0.3, 0.4) is 0 Å². The number of carbonyl (C=O) groups is 1. The average molecular weight is 300 g/mol. The van der Waals surface area contributed by atoms with E-state index in [4.69, 9.17) is 5.14 Å². The number of primary sulfonamides is 1. The zero-order valence-electron chi connectivity index (χ0n) is 12.0. The van der Waals surface area contributed by atoms with Crippen LogP contribution in [-0.4, -0.2) is 32.6 Å². The second-order valence-electron chi connectivity index (χ2n) is 5.12. The highest BCUT2D eigenvalue weighted by molar-refractivity contribution is 7.89. The van der Waals surface area contributed by atoms with Crippen molar-refractivity contribution in [1.29, 1.82) is 0 Å². The molecule has 1 rings (SSSR count). The second kappa shape index (κ2) is 5.80. The van der Waals surface area contributed by atoms with Crippen molar-refractivity contribution in [1.82, 2.24) is 0 Å². The van der Waals surface area contributed by atoms with Gasteiger partial charge in [-0.25, -0.2) is 18.4 Å². The van der Waals surface area contributed by atoms with Crippen LogP contribution in [0.4, 0.5) is 5.69 Å². The minimum atomic E-state index is -3.92. The van der Waals surface area contributed by atoms with Crippen LogP contribution in [-0.2, 0) is 10.0 Å². The molecule has 0 fully saturated rings. The van der Waals surface area contributed by atoms with Gasteiger partial charge in [-0.3, -0.25) is 0 Å². The van der Waals surface area contributed by atoms with Crippen LogP contribution < -0.4 is 10.0 Å². The van der Waals surface area contributed by atoms with Crippen molar-refractivity contribution in [2.45, 2.75) is 31.7 Å². The number of carboxylic acid groups (broad SMARTS) is 1. The predicted octanol–water partition coefficient (Wildman–Crippen LogP) is 1.51. The van der Waals surface area contributed by atoms with E-state index < -0.39 is 16.0 Å². The maximum atomic E-state index is 11.3. The molecule has 0 heterocycles. The van der Waals surface area contributed by atoms with Crippen molar-refractivity contribution in [3.05, 3.63) is 23.8 Å². The topological polar surface area (TPSA) is 101 Å². The van der Waals surface area contributed by atoms with Crippen molar-refractivity contribution in [3.8, 4) is 0 Å². The second-order valence-corrected chi connectivity index (χ2v) is 6.69. The molecule has 1 aromatic rings. The summed E-state index contributed by atoms with van der Waals surface area (Å²) in [5.41, 5.74) is 0.387. The molecule has 0 aromatic heterocycles. The van der Waals surface area contributed by atoms with E-state index in [0.29, 0.717) is 11.6 Å². The molecule has 6 nitrogen and oxygen atoms in total. The number of sulfonamides is 1. The number of nitrogens with two attached hydrogens (primary N) is 1. The fraction of sp³-hybridized carbons (Fsp3) is 0.462. The molecule has 1 unspecified atom stereocenters. The Hall–Kier alpha value is -1.60. The SMILES string of the molecule is CC(C)C(C)N(C)c1ccc(S(N)(=O)=O)cc1C(=O)O. The summed E-state index contributed by atoms with van der Waals surface area (Å²) in [6.07, 6.45) is 0. The molecule has 0 aliphatic heterocycles. The quantitative estimate of drug-likeness (QED) is 0.858. The number of hydrogen-bond acceptors (Lipinski definition) is 4. The Morgan fingerprint density at radius 3 is 2.25 bits per heavy atom. The molecule has 3 N–H and O–H groups in total. The molecular formula is C13H20N2O4S. The summed E-state index contributed by atoms with van der Waals surface area (Å²) in [6, 6.07) is 3.99. The van der Waals surface area contributed by atoms with Gasteiger partial charge in [0, 0.05) is 13.1 Å². The number of benzene rings is 1. The molecule has 0 spiro atoms. The first kappa shape index (κ1) is 16.5. The minimum absolute atomic E-state index is 0.0773. The smallest absolute Gasteiger partial charge is 0.337 e. The van der Waals surface area contributed by atoms with Crippen LogP contribution in [0.25, 0.3) is 0 Å². The highest BCUT2D eigenvalue weighted by Gasteiger charge is 2.21. The van der Waals surface area contributed by atoms with Crippen LogP contribution in [0.1, 0.15) is 31.1 Å². The maximum absolute atomic E-state index is 11.3. The summed E-state index contributed by atoms with van der Waals surface area (Å²) in [5.74, 6) is -0.868. The third kappa shape index (κ3) is 3.49. The van der Waals surface area contributed by atoms with Gasteiger partial charge in [0.25, 0.3) is 0 Å². The predicted molar refractivity (Wildman–Crippen MR) is 77.5 cm³/mol. The van der Waals surface area contributed by atoms with E-state index >= 15 is 0 Å². The largest absolute Gasteiger partial charge is 0.478 e. The van der Waals surface area contributed by atoms with E-state index in [1.807, 2.05) is 25.7 Å². The van der Waals surface area contributed by atoms with Gasteiger partial charge >= 0.3 is 5.97 Å². The first-order valence-electron chi connectivity index (χ1n) is 6.18. The Morgan fingerprint density at radius 2 is 1.85 bits per heavy atom. The van der Waals surface area contributed by atoms with Crippen molar-refractivity contribution in [3.63, 3.8) is 0 Å². The first-order valence-corrected chi connectivity index (χ1v) is 7.73. The molecule has 112 valence electrons. The highest BCUT2D eigenvalue weighted by Crippen LogP contribution is 2.26. The van der Waals surface area contributed by atoms with E-state index in [1.165, 1.54) is 12.1 Å². The van der Waals surface area contributed by atoms with Crippen molar-refractivity contribution in [2.75, 3.05) is 11.9 Å². The molecule has 0 bridgehead atoms. The zero-order chi connectivity index (χ0) is 15.7. The van der Waals surface area contributed by atoms with Crippen molar-refractivity contribution < 1.29 is 18.3 Å². The molecule has 20 heavy (non-hydrogen) atoms. The van der Waals surface area contributed by atoms with E-state index in [0.717, 1.165) is 6.07 Å². The summed E-state index contributed by atoms with van der Waals surface area (Å²) < 4.78 is 22.6. The molecule has 7 heteroatoms. The highest BCUT2D eigenvalue weighted by atomic mass is 32.2. The average Bonchev–Trinajstić information content (AvgIpc) is 2.34. The molecule has 0 aliphatic rings. The zero-order valence-corrected chi connectivity index (χ0v) is 12.8. The van der Waals surface area contributed by atoms with Crippen LogP contribution in [0.2, 0.25) is 0 Å². The molecule has 0 saturated heterocycles. The Labute approximate surface area is 119 Å². The van der Waals surface area contributed by atoms with Crippen molar-refractivity contribution >= 4 is 21.7 Å². The van der Waals surface area contributed by atoms with Gasteiger partial charge in [-0.2, -0.15) is 0 Å². The van der Waals surface area contributed by atoms with Crippen LogP contribution >= 0.6 is 0 Å². The summed E-state index contributed by atoms with van der Waals surface area (Å²) in [5, 5.41) is 14.3. The third-order valence-corrected chi connectivity index (χ3v) is 4.39. The van der Waals surface area contributed by atoms with Gasteiger partial charge in [0.1, 0.15) is 0 Å². The Balaban J connectivity index is 3.38. The van der Waals surface area contributed by atoms with Gasteiger partial charge in [0.05, 0.1) is 16.1 Å². The lowest BCUT2D eigenvalue weighted by molar-refractivity contribution is 0.0697. The Bertz CT molecular complexity index is 611. The Kier molecular flexibility index (Phi) is 4.77. The van der Waals surface area contributed by atoms with Gasteiger partial charge < -0.3 is 10.0 Å². The lowest BCUT2D eigenvalue weighted by atomic mass is 10.0. The standard InChI is InChI=1S/C13H20N2O4S/c1-8(2)9(3)15(4)12-6-5-10(20(14,18)19)7-11(12)13(16)17/h5-9H,1-4H3,(H,16,17)(H2,14,18,19). The van der Waals surface area contributed by atoms with Gasteiger partial charge in [0.2, 0.25) is 10.0 Å². The van der Waals surface area contributed by atoms with Gasteiger partial charge in [-0.15, -0.1) is 0 Å².